The van der Waals surface area contributed by atoms with Crippen LogP contribution in [0.3, 0.4) is 0 Å². The zero-order chi connectivity index (χ0) is 12.4. The summed E-state index contributed by atoms with van der Waals surface area (Å²) in [6, 6.07) is 3.76. The van der Waals surface area contributed by atoms with Crippen molar-refractivity contribution in [3.63, 3.8) is 0 Å². The Morgan fingerprint density at radius 2 is 2.06 bits per heavy atom. The molecule has 0 unspecified atom stereocenters. The van der Waals surface area contributed by atoms with Crippen LogP contribution < -0.4 is 4.74 Å². The third kappa shape index (κ3) is 2.34. The average Bonchev–Trinajstić information content (AvgIpc) is 2.34. The molecule has 2 aromatic heterocycles. The Labute approximate surface area is 105 Å². The number of methoxy groups -OCH3 is 1. The number of H-pyrrole nitrogens is 1. The highest BCUT2D eigenvalue weighted by molar-refractivity contribution is 7.71. The minimum atomic E-state index is 0.593. The van der Waals surface area contributed by atoms with Gasteiger partial charge >= 0.3 is 0 Å². The normalized spacial score (nSPS) is 10.3. The summed E-state index contributed by atoms with van der Waals surface area (Å²) in [5.74, 6) is 1.39. The number of pyridine rings is 1. The molecule has 0 atom stereocenters. The Balaban J connectivity index is 2.56. The van der Waals surface area contributed by atoms with Gasteiger partial charge in [-0.1, -0.05) is 12.2 Å². The van der Waals surface area contributed by atoms with Crippen LogP contribution in [0.15, 0.2) is 18.3 Å². The first-order chi connectivity index (χ1) is 8.11. The van der Waals surface area contributed by atoms with Crippen molar-refractivity contribution in [1.82, 2.24) is 15.0 Å². The number of nitrogens with zero attached hydrogens (tertiary/aromatic N) is 2. The summed E-state index contributed by atoms with van der Waals surface area (Å²) in [7, 11) is 1.59. The molecule has 0 saturated heterocycles. The molecule has 5 heteroatoms. The molecule has 0 aromatic carbocycles. The largest absolute Gasteiger partial charge is 0.481 e. The van der Waals surface area contributed by atoms with Crippen molar-refractivity contribution in [3.8, 4) is 17.1 Å². The Kier molecular flexibility index (Phi) is 3.19. The number of hydrogen-bond acceptors (Lipinski definition) is 4. The lowest BCUT2D eigenvalue weighted by molar-refractivity contribution is 0.398. The second-order valence-electron chi connectivity index (χ2n) is 3.72. The fourth-order valence-corrected chi connectivity index (χ4v) is 1.82. The summed E-state index contributed by atoms with van der Waals surface area (Å²) >= 11 is 5.20. The van der Waals surface area contributed by atoms with E-state index >= 15 is 0 Å². The molecule has 4 nitrogen and oxygen atoms in total. The first kappa shape index (κ1) is 11.7. The highest BCUT2D eigenvalue weighted by atomic mass is 32.1. The molecule has 0 aliphatic rings. The molecule has 2 heterocycles. The minimum absolute atomic E-state index is 0.593. The highest BCUT2D eigenvalue weighted by Gasteiger charge is 2.06. The lowest BCUT2D eigenvalue weighted by Gasteiger charge is -2.07. The van der Waals surface area contributed by atoms with E-state index in [0.29, 0.717) is 10.5 Å². The Bertz CT molecular complexity index is 590. The number of aromatic amines is 1. The van der Waals surface area contributed by atoms with E-state index < -0.39 is 0 Å². The Hall–Kier alpha value is -1.75. The molecule has 0 radical (unpaired) electrons. The Morgan fingerprint density at radius 1 is 1.29 bits per heavy atom. The molecule has 0 bridgehead atoms. The zero-order valence-corrected chi connectivity index (χ0v) is 10.8. The molecule has 0 amide bonds. The summed E-state index contributed by atoms with van der Waals surface area (Å²) in [5.41, 5.74) is 2.88. The maximum Gasteiger partial charge on any atom is 0.212 e. The predicted octanol–water partition coefficient (Wildman–Crippen LogP) is 2.83. The topological polar surface area (TPSA) is 50.8 Å². The molecule has 0 spiro atoms. The molecule has 0 saturated carbocycles. The van der Waals surface area contributed by atoms with Gasteiger partial charge < -0.3 is 9.72 Å². The first-order valence-electron chi connectivity index (χ1n) is 5.19. The van der Waals surface area contributed by atoms with E-state index in [9.17, 15) is 0 Å². The standard InChI is InChI=1S/C12H13N3OS/c1-7-11(14-8(2)15-12(7)17)9-4-5-10(16-3)13-6-9/h4-6H,1-3H3,(H,14,15,17). The maximum absolute atomic E-state index is 5.20. The van der Waals surface area contributed by atoms with Crippen molar-refractivity contribution in [1.29, 1.82) is 0 Å². The number of ether oxygens (including phenoxy) is 1. The molecule has 0 fully saturated rings. The number of aryl methyl sites for hydroxylation is 1. The van der Waals surface area contributed by atoms with Crippen molar-refractivity contribution in [3.05, 3.63) is 34.4 Å². The van der Waals surface area contributed by atoms with Crippen molar-refractivity contribution >= 4 is 12.2 Å². The van der Waals surface area contributed by atoms with Crippen LogP contribution in [-0.4, -0.2) is 22.1 Å². The second kappa shape index (κ2) is 4.63. The molecule has 88 valence electrons. The summed E-state index contributed by atoms with van der Waals surface area (Å²) in [5, 5.41) is 0. The van der Waals surface area contributed by atoms with E-state index in [1.807, 2.05) is 26.0 Å². The maximum atomic E-state index is 5.20. The van der Waals surface area contributed by atoms with E-state index in [1.165, 1.54) is 0 Å². The van der Waals surface area contributed by atoms with Gasteiger partial charge in [-0.15, -0.1) is 0 Å². The van der Waals surface area contributed by atoms with Crippen molar-refractivity contribution in [2.75, 3.05) is 7.11 Å². The molecular weight excluding hydrogens is 234 g/mol. The summed E-state index contributed by atoms with van der Waals surface area (Å²) in [6.45, 7) is 3.83. The van der Waals surface area contributed by atoms with Crippen LogP contribution in [0.2, 0.25) is 0 Å². The van der Waals surface area contributed by atoms with Crippen LogP contribution in [0.4, 0.5) is 0 Å². The monoisotopic (exact) mass is 247 g/mol. The van der Waals surface area contributed by atoms with Crippen LogP contribution in [0.25, 0.3) is 11.3 Å². The third-order valence-electron chi connectivity index (χ3n) is 2.51. The van der Waals surface area contributed by atoms with E-state index in [0.717, 1.165) is 22.6 Å². The van der Waals surface area contributed by atoms with E-state index in [4.69, 9.17) is 17.0 Å². The number of aromatic nitrogens is 3. The summed E-state index contributed by atoms with van der Waals surface area (Å²) < 4.78 is 5.65. The number of hydrogen-bond donors (Lipinski definition) is 1. The molecule has 0 aliphatic heterocycles. The van der Waals surface area contributed by atoms with Gasteiger partial charge in [0.05, 0.1) is 12.8 Å². The number of nitrogens with one attached hydrogen (secondary N) is 1. The molecular formula is C12H13N3OS. The van der Waals surface area contributed by atoms with Gasteiger partial charge in [0, 0.05) is 23.4 Å². The second-order valence-corrected chi connectivity index (χ2v) is 4.10. The smallest absolute Gasteiger partial charge is 0.212 e. The van der Waals surface area contributed by atoms with Gasteiger partial charge in [0.25, 0.3) is 0 Å². The van der Waals surface area contributed by atoms with Gasteiger partial charge in [0.15, 0.2) is 0 Å². The van der Waals surface area contributed by atoms with Crippen LogP contribution in [0.5, 0.6) is 5.88 Å². The molecule has 2 aromatic rings. The van der Waals surface area contributed by atoms with Crippen molar-refractivity contribution in [2.45, 2.75) is 13.8 Å². The van der Waals surface area contributed by atoms with E-state index in [-0.39, 0.29) is 0 Å². The van der Waals surface area contributed by atoms with E-state index in [1.54, 1.807) is 13.3 Å². The fourth-order valence-electron chi connectivity index (χ4n) is 1.58. The predicted molar refractivity (Wildman–Crippen MR) is 68.7 cm³/mol. The fraction of sp³-hybridized carbons (Fsp3) is 0.250. The van der Waals surface area contributed by atoms with Gasteiger partial charge in [-0.3, -0.25) is 0 Å². The van der Waals surface area contributed by atoms with Gasteiger partial charge in [0.2, 0.25) is 5.88 Å². The lowest BCUT2D eigenvalue weighted by atomic mass is 10.1. The molecule has 17 heavy (non-hydrogen) atoms. The minimum Gasteiger partial charge on any atom is -0.481 e. The van der Waals surface area contributed by atoms with Crippen LogP contribution in [0, 0.1) is 18.5 Å². The van der Waals surface area contributed by atoms with Gasteiger partial charge in [-0.05, 0) is 19.9 Å². The average molecular weight is 247 g/mol. The molecule has 1 N–H and O–H groups in total. The summed E-state index contributed by atoms with van der Waals surface area (Å²) in [6.07, 6.45) is 1.76. The van der Waals surface area contributed by atoms with Crippen molar-refractivity contribution < 1.29 is 4.74 Å². The SMILES string of the molecule is COc1ccc(-c2[nH]c(C)nc(=S)c2C)cn1. The quantitative estimate of drug-likeness (QED) is 0.829. The van der Waals surface area contributed by atoms with Gasteiger partial charge in [0.1, 0.15) is 10.5 Å². The highest BCUT2D eigenvalue weighted by Crippen LogP contribution is 2.22. The van der Waals surface area contributed by atoms with Crippen LogP contribution in [0.1, 0.15) is 11.4 Å². The summed E-state index contributed by atoms with van der Waals surface area (Å²) in [4.78, 5) is 11.6. The molecule has 0 aliphatic carbocycles. The van der Waals surface area contributed by atoms with Crippen LogP contribution in [-0.2, 0) is 0 Å². The first-order valence-corrected chi connectivity index (χ1v) is 5.60. The zero-order valence-electron chi connectivity index (χ0n) is 9.94. The lowest BCUT2D eigenvalue weighted by Crippen LogP contribution is -1.97. The van der Waals surface area contributed by atoms with E-state index in [2.05, 4.69) is 15.0 Å². The van der Waals surface area contributed by atoms with Gasteiger partial charge in [-0.2, -0.15) is 0 Å². The van der Waals surface area contributed by atoms with Gasteiger partial charge in [-0.25, -0.2) is 9.97 Å². The number of rotatable bonds is 2. The Morgan fingerprint density at radius 3 is 2.65 bits per heavy atom. The van der Waals surface area contributed by atoms with Crippen LogP contribution >= 0.6 is 12.2 Å². The van der Waals surface area contributed by atoms with Crippen molar-refractivity contribution in [2.24, 2.45) is 0 Å². The third-order valence-corrected chi connectivity index (χ3v) is 2.90. The molecule has 2 rings (SSSR count).